The van der Waals surface area contributed by atoms with Crippen LogP contribution in [0.3, 0.4) is 0 Å². The van der Waals surface area contributed by atoms with E-state index in [1.54, 1.807) is 14.0 Å². The van der Waals surface area contributed by atoms with Crippen LogP contribution in [0.25, 0.3) is 10.9 Å². The number of nitrogens with two attached hydrogens (primary N) is 1. The number of nitriles is 1. The maximum absolute atomic E-state index is 12.4. The van der Waals surface area contributed by atoms with Crippen LogP contribution in [0.4, 0.5) is 0 Å². The standard InChI is InChI=1S/C21H22N4O2/c1-14(12-22)25(2)21(26)19(23)10-15-13-24-20-9-8-17(11-18(15)20)27-16-6-4-3-5-7-16/h3-9,11,13-14,19,24H,10,23H2,1-2H3/t14?,19-/m0/s1. The third-order valence-electron chi connectivity index (χ3n) is 4.59. The van der Waals surface area contributed by atoms with Gasteiger partial charge in [0.2, 0.25) is 5.91 Å². The van der Waals surface area contributed by atoms with Gasteiger partial charge in [0.25, 0.3) is 0 Å². The van der Waals surface area contributed by atoms with E-state index in [4.69, 9.17) is 15.7 Å². The molecule has 0 fully saturated rings. The molecule has 0 saturated carbocycles. The quantitative estimate of drug-likeness (QED) is 0.704. The Morgan fingerprint density at radius 1 is 1.26 bits per heavy atom. The second kappa shape index (κ2) is 7.94. The lowest BCUT2D eigenvalue weighted by atomic mass is 10.0. The van der Waals surface area contributed by atoms with Crippen molar-refractivity contribution in [3.8, 4) is 17.6 Å². The molecular weight excluding hydrogens is 340 g/mol. The molecule has 0 radical (unpaired) electrons. The summed E-state index contributed by atoms with van der Waals surface area (Å²) in [6, 6.07) is 16.1. The molecule has 1 heterocycles. The Labute approximate surface area is 158 Å². The second-order valence-electron chi connectivity index (χ2n) is 6.50. The summed E-state index contributed by atoms with van der Waals surface area (Å²) >= 11 is 0. The molecule has 3 aromatic rings. The molecule has 3 N–H and O–H groups in total. The zero-order chi connectivity index (χ0) is 19.4. The second-order valence-corrected chi connectivity index (χ2v) is 6.50. The number of fused-ring (bicyclic) bond motifs is 1. The molecule has 2 atom stereocenters. The summed E-state index contributed by atoms with van der Waals surface area (Å²) in [6.45, 7) is 1.67. The van der Waals surface area contributed by atoms with E-state index < -0.39 is 12.1 Å². The minimum atomic E-state index is -0.719. The van der Waals surface area contributed by atoms with Crippen LogP contribution in [0.2, 0.25) is 0 Å². The molecule has 0 aliphatic carbocycles. The van der Waals surface area contributed by atoms with E-state index in [1.165, 1.54) is 4.90 Å². The molecule has 0 saturated heterocycles. The molecule has 6 nitrogen and oxygen atoms in total. The van der Waals surface area contributed by atoms with Crippen LogP contribution < -0.4 is 10.5 Å². The molecule has 0 aliphatic rings. The number of aromatic nitrogens is 1. The summed E-state index contributed by atoms with van der Waals surface area (Å²) < 4.78 is 5.89. The van der Waals surface area contributed by atoms with Crippen LogP contribution in [-0.2, 0) is 11.2 Å². The minimum Gasteiger partial charge on any atom is -0.457 e. The van der Waals surface area contributed by atoms with Crippen molar-refractivity contribution in [2.75, 3.05) is 7.05 Å². The van der Waals surface area contributed by atoms with E-state index in [-0.39, 0.29) is 5.91 Å². The number of amides is 1. The third kappa shape index (κ3) is 4.10. The molecule has 1 unspecified atom stereocenters. The van der Waals surface area contributed by atoms with Gasteiger partial charge < -0.3 is 20.4 Å². The molecule has 138 valence electrons. The van der Waals surface area contributed by atoms with E-state index in [9.17, 15) is 4.79 Å². The fourth-order valence-electron chi connectivity index (χ4n) is 2.88. The van der Waals surface area contributed by atoms with E-state index >= 15 is 0 Å². The van der Waals surface area contributed by atoms with E-state index in [0.29, 0.717) is 12.2 Å². The Morgan fingerprint density at radius 3 is 2.70 bits per heavy atom. The Morgan fingerprint density at radius 2 is 2.00 bits per heavy atom. The number of nitrogens with one attached hydrogen (secondary N) is 1. The lowest BCUT2D eigenvalue weighted by Crippen LogP contribution is -2.46. The van der Waals surface area contributed by atoms with Gasteiger partial charge in [-0.3, -0.25) is 4.79 Å². The Kier molecular flexibility index (Phi) is 5.43. The van der Waals surface area contributed by atoms with Gasteiger partial charge in [-0.15, -0.1) is 0 Å². The monoisotopic (exact) mass is 362 g/mol. The first-order valence-corrected chi connectivity index (χ1v) is 8.74. The maximum Gasteiger partial charge on any atom is 0.240 e. The number of ether oxygens (including phenoxy) is 1. The van der Waals surface area contributed by atoms with Crippen LogP contribution in [0, 0.1) is 11.3 Å². The molecule has 0 spiro atoms. The molecule has 27 heavy (non-hydrogen) atoms. The van der Waals surface area contributed by atoms with Gasteiger partial charge in [0.05, 0.1) is 12.1 Å². The highest BCUT2D eigenvalue weighted by molar-refractivity contribution is 5.87. The van der Waals surface area contributed by atoms with Crippen molar-refractivity contribution in [2.24, 2.45) is 5.73 Å². The maximum atomic E-state index is 12.4. The molecule has 2 aromatic carbocycles. The van der Waals surface area contributed by atoms with E-state index in [2.05, 4.69) is 4.98 Å². The summed E-state index contributed by atoms with van der Waals surface area (Å²) in [5, 5.41) is 9.94. The first kappa shape index (κ1) is 18.5. The first-order valence-electron chi connectivity index (χ1n) is 8.74. The van der Waals surface area contributed by atoms with Crippen molar-refractivity contribution in [3.05, 3.63) is 60.3 Å². The fraction of sp³-hybridized carbons (Fsp3) is 0.238. The number of H-pyrrole nitrogens is 1. The highest BCUT2D eigenvalue weighted by Crippen LogP contribution is 2.28. The predicted molar refractivity (Wildman–Crippen MR) is 104 cm³/mol. The molecule has 0 bridgehead atoms. The van der Waals surface area contributed by atoms with E-state index in [0.717, 1.165) is 22.2 Å². The largest absolute Gasteiger partial charge is 0.457 e. The highest BCUT2D eigenvalue weighted by atomic mass is 16.5. The average molecular weight is 362 g/mol. The number of likely N-dealkylation sites (N-methyl/N-ethyl adjacent to an activating group) is 1. The number of carbonyl (C=O) groups is 1. The van der Waals surface area contributed by atoms with Crippen molar-refractivity contribution in [3.63, 3.8) is 0 Å². The normalized spacial score (nSPS) is 13.0. The SMILES string of the molecule is CC(C#N)N(C)C(=O)[C@@H](N)Cc1c[nH]c2ccc(Oc3ccccc3)cc12. The van der Waals surface area contributed by atoms with Gasteiger partial charge in [-0.2, -0.15) is 5.26 Å². The van der Waals surface area contributed by atoms with Crippen molar-refractivity contribution in [2.45, 2.75) is 25.4 Å². The topological polar surface area (TPSA) is 95.1 Å². The number of hydrogen-bond donors (Lipinski definition) is 2. The molecule has 0 aliphatic heterocycles. The fourth-order valence-corrected chi connectivity index (χ4v) is 2.88. The van der Waals surface area contributed by atoms with Crippen LogP contribution in [0.5, 0.6) is 11.5 Å². The number of carbonyl (C=O) groups excluding carboxylic acids is 1. The van der Waals surface area contributed by atoms with Crippen molar-refractivity contribution >= 4 is 16.8 Å². The Balaban J connectivity index is 1.80. The lowest BCUT2D eigenvalue weighted by Gasteiger charge is -2.23. The van der Waals surface area contributed by atoms with Gasteiger partial charge in [-0.05, 0) is 49.2 Å². The number of nitrogens with zero attached hydrogens (tertiary/aromatic N) is 2. The van der Waals surface area contributed by atoms with Crippen molar-refractivity contribution in [1.29, 1.82) is 5.26 Å². The molecule has 1 amide bonds. The predicted octanol–water partition coefficient (Wildman–Crippen LogP) is 3.20. The smallest absolute Gasteiger partial charge is 0.240 e. The van der Waals surface area contributed by atoms with Crippen molar-refractivity contribution in [1.82, 2.24) is 9.88 Å². The number of para-hydroxylation sites is 1. The average Bonchev–Trinajstić information content (AvgIpc) is 3.09. The van der Waals surface area contributed by atoms with Gasteiger partial charge in [0, 0.05) is 24.1 Å². The van der Waals surface area contributed by atoms with Gasteiger partial charge in [-0.1, -0.05) is 18.2 Å². The van der Waals surface area contributed by atoms with Gasteiger partial charge in [-0.25, -0.2) is 0 Å². The molecule has 1 aromatic heterocycles. The summed E-state index contributed by atoms with van der Waals surface area (Å²) in [7, 11) is 1.59. The van der Waals surface area contributed by atoms with Gasteiger partial charge >= 0.3 is 0 Å². The van der Waals surface area contributed by atoms with Crippen molar-refractivity contribution < 1.29 is 9.53 Å². The first-order chi connectivity index (χ1) is 13.0. The molecule has 3 rings (SSSR count). The summed E-state index contributed by atoms with van der Waals surface area (Å²) in [5.74, 6) is 1.22. The molecular formula is C21H22N4O2. The Bertz CT molecular complexity index is 975. The summed E-state index contributed by atoms with van der Waals surface area (Å²) in [4.78, 5) is 17.0. The number of benzene rings is 2. The lowest BCUT2D eigenvalue weighted by molar-refractivity contribution is -0.132. The summed E-state index contributed by atoms with van der Waals surface area (Å²) in [6.07, 6.45) is 2.23. The van der Waals surface area contributed by atoms with Crippen LogP contribution >= 0.6 is 0 Å². The van der Waals surface area contributed by atoms with Gasteiger partial charge in [0.15, 0.2) is 0 Å². The zero-order valence-electron chi connectivity index (χ0n) is 15.3. The van der Waals surface area contributed by atoms with Crippen LogP contribution in [-0.4, -0.2) is 34.9 Å². The number of hydrogen-bond acceptors (Lipinski definition) is 4. The Hall–Kier alpha value is -3.30. The minimum absolute atomic E-state index is 0.255. The highest BCUT2D eigenvalue weighted by Gasteiger charge is 2.23. The summed E-state index contributed by atoms with van der Waals surface area (Å²) in [5.41, 5.74) is 7.99. The third-order valence-corrected chi connectivity index (χ3v) is 4.59. The van der Waals surface area contributed by atoms with Crippen LogP contribution in [0.15, 0.2) is 54.7 Å². The van der Waals surface area contributed by atoms with E-state index in [1.807, 2.05) is 60.8 Å². The molecule has 6 heteroatoms. The zero-order valence-corrected chi connectivity index (χ0v) is 15.3. The van der Waals surface area contributed by atoms with Gasteiger partial charge in [0.1, 0.15) is 17.5 Å². The number of rotatable bonds is 6. The van der Waals surface area contributed by atoms with Crippen LogP contribution in [0.1, 0.15) is 12.5 Å². The number of aromatic amines is 1.